The van der Waals surface area contributed by atoms with E-state index in [-0.39, 0.29) is 11.9 Å². The number of carbonyl (C=O) groups excluding carboxylic acids is 1. The summed E-state index contributed by atoms with van der Waals surface area (Å²) in [4.78, 5) is 15.3. The summed E-state index contributed by atoms with van der Waals surface area (Å²) in [5.74, 6) is -0.0426. The van der Waals surface area contributed by atoms with E-state index in [0.29, 0.717) is 6.54 Å². The van der Waals surface area contributed by atoms with Crippen molar-refractivity contribution in [3.8, 4) is 11.1 Å². The monoisotopic (exact) mass is 429 g/mol. The average Bonchev–Trinajstić information content (AvgIpc) is 2.85. The molecule has 0 aliphatic carbocycles. The molecule has 166 valence electrons. The van der Waals surface area contributed by atoms with E-state index in [9.17, 15) is 4.79 Å². The first kappa shape index (κ1) is 22.2. The number of anilines is 1. The van der Waals surface area contributed by atoms with Crippen LogP contribution >= 0.6 is 0 Å². The Morgan fingerprint density at radius 1 is 0.906 bits per heavy atom. The van der Waals surface area contributed by atoms with Crippen molar-refractivity contribution in [3.05, 3.63) is 90.0 Å². The van der Waals surface area contributed by atoms with Gasteiger partial charge in [-0.3, -0.25) is 9.69 Å². The Labute approximate surface area is 190 Å². The highest BCUT2D eigenvalue weighted by Gasteiger charge is 2.16. The molecule has 0 saturated carbocycles. The van der Waals surface area contributed by atoms with Crippen LogP contribution in [0.15, 0.2) is 78.9 Å². The topological polar surface area (TPSA) is 53.6 Å². The lowest BCUT2D eigenvalue weighted by Crippen LogP contribution is -2.38. The Hall–Kier alpha value is -2.99. The van der Waals surface area contributed by atoms with Gasteiger partial charge in [0.1, 0.15) is 0 Å². The second kappa shape index (κ2) is 11.0. The number of hydrogen-bond acceptors (Lipinski definition) is 4. The van der Waals surface area contributed by atoms with E-state index in [2.05, 4.69) is 51.9 Å². The molecule has 1 saturated heterocycles. The number of rotatable bonds is 8. The summed E-state index contributed by atoms with van der Waals surface area (Å²) < 4.78 is 5.46. The largest absolute Gasteiger partial charge is 0.379 e. The first-order chi connectivity index (χ1) is 15.7. The number of amides is 1. The number of ether oxygens (including phenoxy) is 1. The van der Waals surface area contributed by atoms with Crippen LogP contribution in [0.25, 0.3) is 11.1 Å². The molecule has 32 heavy (non-hydrogen) atoms. The summed E-state index contributed by atoms with van der Waals surface area (Å²) in [6.45, 7) is 6.97. The Morgan fingerprint density at radius 3 is 2.34 bits per heavy atom. The molecular formula is C27H31N3O2. The minimum Gasteiger partial charge on any atom is -0.379 e. The molecule has 1 atom stereocenters. The van der Waals surface area contributed by atoms with E-state index < -0.39 is 0 Å². The normalized spacial score (nSPS) is 15.3. The lowest BCUT2D eigenvalue weighted by atomic mass is 10.0. The van der Waals surface area contributed by atoms with E-state index >= 15 is 0 Å². The van der Waals surface area contributed by atoms with E-state index in [1.165, 1.54) is 11.1 Å². The van der Waals surface area contributed by atoms with Gasteiger partial charge in [-0.2, -0.15) is 0 Å². The average molecular weight is 430 g/mol. The number of morpholine rings is 1. The highest BCUT2D eigenvalue weighted by atomic mass is 16.5. The summed E-state index contributed by atoms with van der Waals surface area (Å²) in [6.07, 6.45) is 0. The minimum absolute atomic E-state index is 0.0426. The minimum atomic E-state index is -0.324. The van der Waals surface area contributed by atoms with Crippen molar-refractivity contribution in [2.75, 3.05) is 31.6 Å². The molecule has 1 fully saturated rings. The van der Waals surface area contributed by atoms with Gasteiger partial charge in [0.05, 0.1) is 19.3 Å². The number of hydrogen-bond donors (Lipinski definition) is 2. The van der Waals surface area contributed by atoms with Crippen LogP contribution in [0.3, 0.4) is 0 Å². The highest BCUT2D eigenvalue weighted by Crippen LogP contribution is 2.27. The zero-order valence-electron chi connectivity index (χ0n) is 18.6. The summed E-state index contributed by atoms with van der Waals surface area (Å²) in [5, 5.41) is 6.50. The molecule has 1 aliphatic heterocycles. The maximum Gasteiger partial charge on any atom is 0.241 e. The lowest BCUT2D eigenvalue weighted by Gasteiger charge is -2.27. The van der Waals surface area contributed by atoms with Crippen LogP contribution in [-0.2, 0) is 22.6 Å². The molecule has 0 aromatic heterocycles. The van der Waals surface area contributed by atoms with Crippen molar-refractivity contribution in [1.82, 2.24) is 10.2 Å². The summed E-state index contributed by atoms with van der Waals surface area (Å²) >= 11 is 0. The standard InChI is InChI=1S/C27H31N3O2/c1-21(27(31)29-26-14-8-7-13-25(26)22-9-3-2-4-10-22)28-19-23-11-5-6-12-24(23)20-30-15-17-32-18-16-30/h2-14,21,28H,15-20H2,1H3,(H,29,31)/t21-/m1/s1. The van der Waals surface area contributed by atoms with Crippen molar-refractivity contribution in [1.29, 1.82) is 0 Å². The fourth-order valence-electron chi connectivity index (χ4n) is 3.94. The third-order valence-electron chi connectivity index (χ3n) is 5.88. The van der Waals surface area contributed by atoms with Crippen LogP contribution < -0.4 is 10.6 Å². The number of benzene rings is 3. The molecule has 0 spiro atoms. The second-order valence-corrected chi connectivity index (χ2v) is 8.16. The molecule has 3 aromatic rings. The first-order valence-corrected chi connectivity index (χ1v) is 11.3. The van der Waals surface area contributed by atoms with Crippen LogP contribution in [0.2, 0.25) is 0 Å². The molecule has 3 aromatic carbocycles. The van der Waals surface area contributed by atoms with Crippen molar-refractivity contribution < 1.29 is 9.53 Å². The maximum atomic E-state index is 12.9. The molecule has 0 radical (unpaired) electrons. The third kappa shape index (κ3) is 5.82. The Bertz CT molecular complexity index is 1020. The quantitative estimate of drug-likeness (QED) is 0.561. The molecule has 5 heteroatoms. The van der Waals surface area contributed by atoms with Gasteiger partial charge in [0.15, 0.2) is 0 Å². The van der Waals surface area contributed by atoms with E-state index in [1.807, 2.05) is 49.4 Å². The van der Waals surface area contributed by atoms with Gasteiger partial charge in [0.25, 0.3) is 0 Å². The van der Waals surface area contributed by atoms with Gasteiger partial charge < -0.3 is 15.4 Å². The summed E-state index contributed by atoms with van der Waals surface area (Å²) in [5.41, 5.74) is 5.45. The number of nitrogens with one attached hydrogen (secondary N) is 2. The van der Waals surface area contributed by atoms with Gasteiger partial charge in [-0.25, -0.2) is 0 Å². The first-order valence-electron chi connectivity index (χ1n) is 11.3. The SMILES string of the molecule is C[C@@H](NCc1ccccc1CN1CCOCC1)C(=O)Nc1ccccc1-c1ccccc1. The molecule has 1 amide bonds. The molecule has 4 rings (SSSR count). The van der Waals surface area contributed by atoms with Crippen molar-refractivity contribution in [3.63, 3.8) is 0 Å². The van der Waals surface area contributed by atoms with Gasteiger partial charge in [-0.05, 0) is 29.7 Å². The van der Waals surface area contributed by atoms with Crippen molar-refractivity contribution in [2.45, 2.75) is 26.1 Å². The van der Waals surface area contributed by atoms with Crippen LogP contribution in [0, 0.1) is 0 Å². The fourth-order valence-corrected chi connectivity index (χ4v) is 3.94. The van der Waals surface area contributed by atoms with Gasteiger partial charge in [-0.1, -0.05) is 72.8 Å². The second-order valence-electron chi connectivity index (χ2n) is 8.16. The van der Waals surface area contributed by atoms with E-state index in [1.54, 1.807) is 0 Å². The van der Waals surface area contributed by atoms with E-state index in [0.717, 1.165) is 49.7 Å². The number of carbonyl (C=O) groups is 1. The zero-order chi connectivity index (χ0) is 22.2. The van der Waals surface area contributed by atoms with Crippen LogP contribution in [-0.4, -0.2) is 43.2 Å². The highest BCUT2D eigenvalue weighted by molar-refractivity contribution is 5.98. The number of para-hydroxylation sites is 1. The smallest absolute Gasteiger partial charge is 0.241 e. The predicted molar refractivity (Wildman–Crippen MR) is 129 cm³/mol. The lowest BCUT2D eigenvalue weighted by molar-refractivity contribution is -0.117. The Balaban J connectivity index is 1.37. The zero-order valence-corrected chi connectivity index (χ0v) is 18.6. The van der Waals surface area contributed by atoms with Crippen molar-refractivity contribution >= 4 is 11.6 Å². The molecule has 2 N–H and O–H groups in total. The Kier molecular flexibility index (Phi) is 7.67. The molecular weight excluding hydrogens is 398 g/mol. The van der Waals surface area contributed by atoms with Gasteiger partial charge in [0, 0.05) is 37.4 Å². The van der Waals surface area contributed by atoms with Crippen LogP contribution in [0.1, 0.15) is 18.1 Å². The summed E-state index contributed by atoms with van der Waals surface area (Å²) in [6, 6.07) is 26.2. The molecule has 1 aliphatic rings. The molecule has 1 heterocycles. The Morgan fingerprint density at radius 2 is 1.56 bits per heavy atom. The van der Waals surface area contributed by atoms with Gasteiger partial charge in [-0.15, -0.1) is 0 Å². The third-order valence-corrected chi connectivity index (χ3v) is 5.88. The van der Waals surface area contributed by atoms with E-state index in [4.69, 9.17) is 4.74 Å². The number of nitrogens with zero attached hydrogens (tertiary/aromatic N) is 1. The van der Waals surface area contributed by atoms with Gasteiger partial charge >= 0.3 is 0 Å². The van der Waals surface area contributed by atoms with Crippen LogP contribution in [0.4, 0.5) is 5.69 Å². The van der Waals surface area contributed by atoms with Crippen molar-refractivity contribution in [2.24, 2.45) is 0 Å². The fraction of sp³-hybridized carbons (Fsp3) is 0.296. The molecule has 0 unspecified atom stereocenters. The van der Waals surface area contributed by atoms with Gasteiger partial charge in [0.2, 0.25) is 5.91 Å². The maximum absolute atomic E-state index is 12.9. The molecule has 0 bridgehead atoms. The van der Waals surface area contributed by atoms with Crippen LogP contribution in [0.5, 0.6) is 0 Å². The predicted octanol–water partition coefficient (Wildman–Crippen LogP) is 4.30. The molecule has 5 nitrogen and oxygen atoms in total. The summed E-state index contributed by atoms with van der Waals surface area (Å²) in [7, 11) is 0.